The van der Waals surface area contributed by atoms with Crippen molar-refractivity contribution in [2.45, 2.75) is 11.3 Å². The van der Waals surface area contributed by atoms with E-state index in [1.165, 1.54) is 31.5 Å². The molecule has 38 heavy (non-hydrogen) atoms. The van der Waals surface area contributed by atoms with Crippen molar-refractivity contribution in [1.29, 1.82) is 0 Å². The van der Waals surface area contributed by atoms with Crippen LogP contribution in [0.25, 0.3) is 0 Å². The minimum atomic E-state index is -4.15. The Morgan fingerprint density at radius 1 is 1.08 bits per heavy atom. The summed E-state index contributed by atoms with van der Waals surface area (Å²) in [5.74, 6) is 0.389. The van der Waals surface area contributed by atoms with Gasteiger partial charge in [0.05, 0.1) is 24.9 Å². The van der Waals surface area contributed by atoms with Crippen LogP contribution in [0.5, 0.6) is 11.5 Å². The Labute approximate surface area is 232 Å². The van der Waals surface area contributed by atoms with Gasteiger partial charge in [0.2, 0.25) is 10.0 Å². The van der Waals surface area contributed by atoms with E-state index in [1.807, 2.05) is 30.3 Å². The number of nitrogens with zero attached hydrogens (tertiary/aromatic N) is 2. The Morgan fingerprint density at radius 3 is 2.55 bits per heavy atom. The van der Waals surface area contributed by atoms with Crippen molar-refractivity contribution in [3.63, 3.8) is 0 Å². The maximum absolute atomic E-state index is 13.5. The first-order valence-electron chi connectivity index (χ1n) is 11.5. The fourth-order valence-electron chi connectivity index (χ4n) is 3.40. The molecule has 3 aromatic carbocycles. The quantitative estimate of drug-likeness (QED) is 0.177. The third kappa shape index (κ3) is 8.06. The fourth-order valence-corrected chi connectivity index (χ4v) is 5.54. The highest BCUT2D eigenvalue weighted by Crippen LogP contribution is 2.29. The van der Waals surface area contributed by atoms with Crippen LogP contribution in [-0.4, -0.2) is 51.7 Å². The zero-order valence-corrected chi connectivity index (χ0v) is 23.0. The van der Waals surface area contributed by atoms with Gasteiger partial charge in [-0.3, -0.25) is 4.79 Å². The number of hydrazone groups is 1. The lowest BCUT2D eigenvalue weighted by Gasteiger charge is -2.22. The van der Waals surface area contributed by atoms with Gasteiger partial charge in [-0.2, -0.15) is 9.41 Å². The van der Waals surface area contributed by atoms with Crippen LogP contribution in [0.4, 0.5) is 0 Å². The number of amides is 1. The summed E-state index contributed by atoms with van der Waals surface area (Å²) in [6, 6.07) is 18.6. The van der Waals surface area contributed by atoms with Gasteiger partial charge in [-0.25, -0.2) is 13.8 Å². The number of rotatable bonds is 13. The molecular formula is C27H27Cl2N3O5S. The molecule has 0 bridgehead atoms. The van der Waals surface area contributed by atoms with E-state index < -0.39 is 22.5 Å². The van der Waals surface area contributed by atoms with Crippen molar-refractivity contribution < 1.29 is 22.7 Å². The topological polar surface area (TPSA) is 97.3 Å². The van der Waals surface area contributed by atoms with Crippen LogP contribution < -0.4 is 14.9 Å². The van der Waals surface area contributed by atoms with Gasteiger partial charge in [0.15, 0.2) is 11.5 Å². The van der Waals surface area contributed by atoms with Gasteiger partial charge < -0.3 is 9.47 Å². The summed E-state index contributed by atoms with van der Waals surface area (Å²) < 4.78 is 38.8. The van der Waals surface area contributed by atoms with Crippen LogP contribution in [0, 0.1) is 0 Å². The molecule has 0 atom stereocenters. The van der Waals surface area contributed by atoms with Gasteiger partial charge in [0.25, 0.3) is 5.91 Å². The molecule has 200 valence electrons. The Balaban J connectivity index is 1.75. The van der Waals surface area contributed by atoms with Crippen LogP contribution >= 0.6 is 23.2 Å². The molecule has 0 radical (unpaired) electrons. The van der Waals surface area contributed by atoms with Crippen LogP contribution in [-0.2, 0) is 21.2 Å². The molecule has 0 aliphatic rings. The maximum atomic E-state index is 13.5. The zero-order chi connectivity index (χ0) is 27.5. The van der Waals surface area contributed by atoms with Crippen molar-refractivity contribution >= 4 is 45.3 Å². The fraction of sp³-hybridized carbons (Fsp3) is 0.185. The molecule has 0 heterocycles. The molecule has 3 aromatic rings. The molecule has 1 amide bonds. The van der Waals surface area contributed by atoms with E-state index in [4.69, 9.17) is 32.7 Å². The minimum absolute atomic E-state index is 0.00649. The molecule has 0 aliphatic carbocycles. The molecule has 0 fully saturated rings. The smallest absolute Gasteiger partial charge is 0.255 e. The molecule has 8 nitrogen and oxygen atoms in total. The first kappa shape index (κ1) is 29.2. The standard InChI is InChI=1S/C27H27Cl2N3O5S/c1-3-15-37-24-12-9-21(16-25(24)36-2)18-30-31-27(33)19-32(14-13-20-7-5-4-6-8-20)38(34,35)26-17-22(28)10-11-23(26)29/h3-12,16-18H,1,13-15,19H2,2H3,(H,31,33)/b30-18-. The molecule has 1 N–H and O–H groups in total. The van der Waals surface area contributed by atoms with Crippen LogP contribution in [0.2, 0.25) is 10.0 Å². The average molecular weight is 577 g/mol. The van der Waals surface area contributed by atoms with E-state index in [1.54, 1.807) is 24.3 Å². The summed E-state index contributed by atoms with van der Waals surface area (Å²) in [5.41, 5.74) is 3.92. The lowest BCUT2D eigenvalue weighted by molar-refractivity contribution is -0.121. The Morgan fingerprint density at radius 2 is 1.84 bits per heavy atom. The molecule has 11 heteroatoms. The van der Waals surface area contributed by atoms with Crippen LogP contribution in [0.15, 0.2) is 89.4 Å². The summed E-state index contributed by atoms with van der Waals surface area (Å²) in [7, 11) is -2.64. The number of sulfonamides is 1. The largest absolute Gasteiger partial charge is 0.493 e. The lowest BCUT2D eigenvalue weighted by Crippen LogP contribution is -2.40. The van der Waals surface area contributed by atoms with E-state index >= 15 is 0 Å². The molecular weight excluding hydrogens is 549 g/mol. The van der Waals surface area contributed by atoms with Gasteiger partial charge in [-0.05, 0) is 53.9 Å². The average Bonchev–Trinajstić information content (AvgIpc) is 2.91. The maximum Gasteiger partial charge on any atom is 0.255 e. The second kappa shape index (κ2) is 14.0. The summed E-state index contributed by atoms with van der Waals surface area (Å²) in [6.07, 6.45) is 3.41. The highest BCUT2D eigenvalue weighted by molar-refractivity contribution is 7.89. The number of halogens is 2. The highest BCUT2D eigenvalue weighted by atomic mass is 35.5. The number of nitrogens with one attached hydrogen (secondary N) is 1. The van der Waals surface area contributed by atoms with E-state index in [0.29, 0.717) is 30.1 Å². The highest BCUT2D eigenvalue weighted by Gasteiger charge is 2.29. The second-order valence-electron chi connectivity index (χ2n) is 7.95. The molecule has 3 rings (SSSR count). The molecule has 0 aromatic heterocycles. The van der Waals surface area contributed by atoms with Crippen molar-refractivity contribution in [3.8, 4) is 11.5 Å². The number of methoxy groups -OCH3 is 1. The third-order valence-corrected chi connectivity index (χ3v) is 7.83. The summed E-state index contributed by atoms with van der Waals surface area (Å²) >= 11 is 12.2. The van der Waals surface area contributed by atoms with Crippen LogP contribution in [0.1, 0.15) is 11.1 Å². The second-order valence-corrected chi connectivity index (χ2v) is 10.7. The number of hydrogen-bond acceptors (Lipinski definition) is 6. The van der Waals surface area contributed by atoms with E-state index in [2.05, 4.69) is 17.1 Å². The minimum Gasteiger partial charge on any atom is -0.493 e. The first-order chi connectivity index (χ1) is 18.2. The molecule has 0 spiro atoms. The molecule has 0 aliphatic heterocycles. The van der Waals surface area contributed by atoms with Gasteiger partial charge in [-0.15, -0.1) is 0 Å². The lowest BCUT2D eigenvalue weighted by atomic mass is 10.1. The van der Waals surface area contributed by atoms with Crippen molar-refractivity contribution in [1.82, 2.24) is 9.73 Å². The van der Waals surface area contributed by atoms with E-state index in [-0.39, 0.29) is 21.5 Å². The van der Waals surface area contributed by atoms with Crippen LogP contribution in [0.3, 0.4) is 0 Å². The summed E-state index contributed by atoms with van der Waals surface area (Å²) in [4.78, 5) is 12.6. The summed E-state index contributed by atoms with van der Waals surface area (Å²) in [6.45, 7) is 3.49. The number of carbonyl (C=O) groups excluding carboxylic acids is 1. The van der Waals surface area contributed by atoms with Crippen molar-refractivity contribution in [2.75, 3.05) is 26.8 Å². The molecule has 0 saturated heterocycles. The molecule has 0 saturated carbocycles. The normalized spacial score (nSPS) is 11.5. The van der Waals surface area contributed by atoms with Crippen molar-refractivity contribution in [3.05, 3.63) is 101 Å². The number of benzene rings is 3. The third-order valence-electron chi connectivity index (χ3n) is 5.27. The number of carbonyl (C=O) groups is 1. The summed E-state index contributed by atoms with van der Waals surface area (Å²) in [5, 5.41) is 4.18. The van der Waals surface area contributed by atoms with Gasteiger partial charge in [0, 0.05) is 11.6 Å². The monoisotopic (exact) mass is 575 g/mol. The zero-order valence-electron chi connectivity index (χ0n) is 20.6. The van der Waals surface area contributed by atoms with Gasteiger partial charge in [-0.1, -0.05) is 66.2 Å². The predicted octanol–water partition coefficient (Wildman–Crippen LogP) is 4.95. The van der Waals surface area contributed by atoms with Gasteiger partial charge in [0.1, 0.15) is 11.5 Å². The van der Waals surface area contributed by atoms with Crippen molar-refractivity contribution in [2.24, 2.45) is 5.10 Å². The number of ether oxygens (including phenoxy) is 2. The SMILES string of the molecule is C=CCOc1ccc(/C=N\NC(=O)CN(CCc2ccccc2)S(=O)(=O)c2cc(Cl)ccc2Cl)cc1OC. The molecule has 0 unspecified atom stereocenters. The Hall–Kier alpha value is -3.37. The first-order valence-corrected chi connectivity index (χ1v) is 13.7. The Kier molecular flexibility index (Phi) is 10.7. The van der Waals surface area contributed by atoms with E-state index in [0.717, 1.165) is 9.87 Å². The van der Waals surface area contributed by atoms with Gasteiger partial charge >= 0.3 is 0 Å². The number of hydrogen-bond donors (Lipinski definition) is 1. The van der Waals surface area contributed by atoms with E-state index in [9.17, 15) is 13.2 Å². The predicted molar refractivity (Wildman–Crippen MR) is 150 cm³/mol. The Bertz CT molecular complexity index is 1400.